The molecule has 6 aliphatic heterocycles. The Morgan fingerprint density at radius 1 is 0.516 bits per heavy atom. The zero-order chi connectivity index (χ0) is 69.4. The zero-order valence-electron chi connectivity index (χ0n) is 59.5. The van der Waals surface area contributed by atoms with E-state index in [1.807, 2.05) is 159 Å². The van der Waals surface area contributed by atoms with Crippen molar-refractivity contribution in [1.29, 1.82) is 0 Å². The molecule has 11 rings (SSSR count). The molecule has 6 saturated heterocycles. The molecule has 0 spiro atoms. The standard InChI is InChI=1S/C17H26O7.C10H14O2.3C8H16O2.C7H10O3S.C3H6O3S.3C2H6.CH4/c1-6-16(2,3)14(18)20-8-11-9-7-10-13(24-17(4,5)23-10)12(9)22-15(19)21-11;11-10-8-2-6-1-7(3-8)5-9(4-6)12-10;3*1-5-8(3,4)7(9)10-6-2;8-11(9)7-3-4-1-5(7)6(2-4)10-11;4-7(5)3-1-2-6-7;3*1-2;/h9-13H,6-8H2,1-5H3;6-9H,1-5H2;3*5-6H2,1-4H3;4-7H,1-3H2;1-3H2;3*1-2H3;1H4. The van der Waals surface area contributed by atoms with Gasteiger partial charge in [-0.05, 0) is 198 Å². The van der Waals surface area contributed by atoms with E-state index < -0.39 is 49.8 Å². The summed E-state index contributed by atoms with van der Waals surface area (Å²) >= 11 is 0. The Labute approximate surface area is 550 Å². The Balaban J connectivity index is 0.00000106. The van der Waals surface area contributed by atoms with E-state index in [9.17, 15) is 45.6 Å². The molecular weight excluding hydrogens is 1220 g/mol. The topological polar surface area (TPSA) is 272 Å². The highest BCUT2D eigenvalue weighted by Crippen LogP contribution is 2.54. The summed E-state index contributed by atoms with van der Waals surface area (Å²) in [6.07, 6.45) is 11.5. The first-order valence-corrected chi connectivity index (χ1v) is 36.9. The molecule has 6 bridgehead atoms. The average Bonchev–Trinajstić information content (AvgIpc) is 1.59. The summed E-state index contributed by atoms with van der Waals surface area (Å²) in [6.45, 7) is 45.9. The first kappa shape index (κ1) is 87.4. The predicted octanol–water partition coefficient (Wildman–Crippen LogP) is 14.1. The first-order valence-electron chi connectivity index (χ1n) is 33.9. The molecular formula is C68H126O21S2. The van der Waals surface area contributed by atoms with Gasteiger partial charge in [0.25, 0.3) is 20.2 Å². The molecule has 0 aromatic carbocycles. The quantitative estimate of drug-likeness (QED) is 0.0941. The number of cyclic esters (lactones) is 1. The van der Waals surface area contributed by atoms with Gasteiger partial charge in [0, 0.05) is 11.8 Å². The SMILES string of the molecule is C.CC.CC.CC.CCC(C)(C)C(=O)OCC1OC(=O)OC2C1CC1OC(C)(C)OC12.CCOC(=O)C(C)(C)CC.CCOC(=O)C(C)(C)CC.CCOC(=O)C(C)(C)CC.O=C1OC2CC3CC(C2)CC1C3.O=S1(=O)CCCO1.O=S1(=O)OC2CC3CC2C1C3. The smallest absolute Gasteiger partial charge is 0.466 e. The number of hydrogen-bond acceptors (Lipinski definition) is 21. The highest BCUT2D eigenvalue weighted by molar-refractivity contribution is 7.87. The van der Waals surface area contributed by atoms with E-state index in [1.165, 1.54) is 6.42 Å². The molecule has 5 saturated carbocycles. The summed E-state index contributed by atoms with van der Waals surface area (Å²) in [5, 5.41) is -0.133. The summed E-state index contributed by atoms with van der Waals surface area (Å²) in [5.41, 5.74) is -1.49. The lowest BCUT2D eigenvalue weighted by Gasteiger charge is -2.35. The van der Waals surface area contributed by atoms with Gasteiger partial charge < -0.3 is 42.6 Å². The number of rotatable bonds is 13. The van der Waals surface area contributed by atoms with Crippen LogP contribution in [-0.2, 0) is 95.2 Å². The molecule has 6 heterocycles. The van der Waals surface area contributed by atoms with Crippen LogP contribution < -0.4 is 0 Å². The molecule has 0 aromatic heterocycles. The summed E-state index contributed by atoms with van der Waals surface area (Å²) in [4.78, 5) is 68.6. The predicted molar refractivity (Wildman–Crippen MR) is 351 cm³/mol. The lowest BCUT2D eigenvalue weighted by Crippen LogP contribution is -2.48. The van der Waals surface area contributed by atoms with Gasteiger partial charge in [0.15, 0.2) is 5.79 Å². The van der Waals surface area contributed by atoms with Crippen LogP contribution in [-0.4, -0.2) is 139 Å². The maximum Gasteiger partial charge on any atom is 0.509 e. The van der Waals surface area contributed by atoms with Crippen molar-refractivity contribution in [3.8, 4) is 0 Å². The molecule has 0 amide bonds. The number of esters is 5. The van der Waals surface area contributed by atoms with E-state index in [2.05, 4.69) is 4.18 Å². The second-order valence-electron chi connectivity index (χ2n) is 26.7. The highest BCUT2D eigenvalue weighted by atomic mass is 32.2. The normalized spacial score (nSPS) is 29.4. The molecule has 0 N–H and O–H groups in total. The number of carbonyl (C=O) groups is 6. The van der Waals surface area contributed by atoms with Gasteiger partial charge >= 0.3 is 36.0 Å². The van der Waals surface area contributed by atoms with Crippen LogP contribution in [0.1, 0.15) is 257 Å². The number of fused-ring (bicyclic) bond motifs is 5. The Bertz CT molecular complexity index is 2340. The van der Waals surface area contributed by atoms with Gasteiger partial charge in [-0.2, -0.15) is 16.8 Å². The van der Waals surface area contributed by atoms with Gasteiger partial charge in [-0.25, -0.2) is 4.79 Å². The van der Waals surface area contributed by atoms with Crippen LogP contribution in [0.15, 0.2) is 0 Å². The Kier molecular flexibility index (Phi) is 37.8. The second-order valence-corrected chi connectivity index (χ2v) is 30.3. The fourth-order valence-corrected chi connectivity index (χ4v) is 14.5. The van der Waals surface area contributed by atoms with E-state index in [4.69, 9.17) is 46.8 Å². The minimum Gasteiger partial charge on any atom is -0.466 e. The molecule has 23 heteroatoms. The van der Waals surface area contributed by atoms with Crippen LogP contribution in [0.3, 0.4) is 0 Å². The largest absolute Gasteiger partial charge is 0.509 e. The van der Waals surface area contributed by atoms with Crippen LogP contribution in [0, 0.1) is 57.2 Å². The molecule has 11 aliphatic rings. The second kappa shape index (κ2) is 39.4. The average molecular weight is 1340 g/mol. The third-order valence-electron chi connectivity index (χ3n) is 18.2. The molecule has 11 unspecified atom stereocenters. The third kappa shape index (κ3) is 26.5. The van der Waals surface area contributed by atoms with Crippen molar-refractivity contribution in [2.75, 3.05) is 38.8 Å². The van der Waals surface area contributed by atoms with Gasteiger partial charge in [0.05, 0.1) is 77.2 Å². The maximum atomic E-state index is 12.1. The van der Waals surface area contributed by atoms with Crippen LogP contribution in [0.4, 0.5) is 4.79 Å². The van der Waals surface area contributed by atoms with Crippen LogP contribution in [0.25, 0.3) is 0 Å². The molecule has 0 aromatic rings. The maximum absolute atomic E-state index is 12.1. The van der Waals surface area contributed by atoms with Crippen molar-refractivity contribution in [1.82, 2.24) is 0 Å². The first-order chi connectivity index (χ1) is 41.9. The van der Waals surface area contributed by atoms with Gasteiger partial charge in [-0.3, -0.25) is 32.3 Å². The van der Waals surface area contributed by atoms with Crippen molar-refractivity contribution in [3.63, 3.8) is 0 Å². The fourth-order valence-electron chi connectivity index (χ4n) is 11.6. The zero-order valence-corrected chi connectivity index (χ0v) is 61.2. The number of carbonyl (C=O) groups excluding carboxylic acids is 6. The van der Waals surface area contributed by atoms with Crippen molar-refractivity contribution in [2.45, 2.75) is 304 Å². The number of ether oxygens (including phenoxy) is 9. The van der Waals surface area contributed by atoms with Gasteiger partial charge in [-0.1, -0.05) is 76.7 Å². The van der Waals surface area contributed by atoms with Crippen LogP contribution >= 0.6 is 0 Å². The molecule has 91 heavy (non-hydrogen) atoms. The molecule has 5 aliphatic carbocycles. The van der Waals surface area contributed by atoms with Gasteiger partial charge in [0.1, 0.15) is 31.0 Å². The third-order valence-corrected chi connectivity index (χ3v) is 21.3. The molecule has 0 radical (unpaired) electrons. The van der Waals surface area contributed by atoms with Crippen molar-refractivity contribution < 1.29 is 96.6 Å². The van der Waals surface area contributed by atoms with Crippen LogP contribution in [0.2, 0.25) is 0 Å². The van der Waals surface area contributed by atoms with Crippen LogP contribution in [0.5, 0.6) is 0 Å². The summed E-state index contributed by atoms with van der Waals surface area (Å²) in [5.74, 6) is 1.79. The lowest BCUT2D eigenvalue weighted by molar-refractivity contribution is -0.193. The van der Waals surface area contributed by atoms with Gasteiger partial charge in [-0.15, -0.1) is 0 Å². The van der Waals surface area contributed by atoms with E-state index in [1.54, 1.807) is 0 Å². The monoisotopic (exact) mass is 1340 g/mol. The Morgan fingerprint density at radius 3 is 1.32 bits per heavy atom. The van der Waals surface area contributed by atoms with Gasteiger partial charge in [0.2, 0.25) is 0 Å². The highest BCUT2D eigenvalue weighted by Gasteiger charge is 2.61. The summed E-state index contributed by atoms with van der Waals surface area (Å²) < 4.78 is 100.0. The minimum absolute atomic E-state index is 0. The molecule has 11 fully saturated rings. The Morgan fingerprint density at radius 2 is 0.956 bits per heavy atom. The van der Waals surface area contributed by atoms with E-state index in [-0.39, 0.29) is 107 Å². The molecule has 536 valence electrons. The Hall–Kier alpha value is -3.64. The summed E-state index contributed by atoms with van der Waals surface area (Å²) in [7, 11) is -6.18. The van der Waals surface area contributed by atoms with E-state index in [0.717, 1.165) is 76.0 Å². The molecule has 21 nitrogen and oxygen atoms in total. The lowest BCUT2D eigenvalue weighted by atomic mass is 9.68. The van der Waals surface area contributed by atoms with Crippen molar-refractivity contribution in [2.24, 2.45) is 57.2 Å². The minimum atomic E-state index is -3.13. The number of hydrogen-bond donors (Lipinski definition) is 0. The molecule has 11 atom stereocenters. The van der Waals surface area contributed by atoms with E-state index in [0.29, 0.717) is 57.5 Å². The van der Waals surface area contributed by atoms with Crippen molar-refractivity contribution >= 4 is 56.2 Å². The summed E-state index contributed by atoms with van der Waals surface area (Å²) in [6, 6.07) is 0. The van der Waals surface area contributed by atoms with E-state index >= 15 is 0 Å². The van der Waals surface area contributed by atoms with Crippen molar-refractivity contribution in [3.05, 3.63) is 0 Å². The fraction of sp³-hybridized carbons (Fsp3) is 0.912.